The summed E-state index contributed by atoms with van der Waals surface area (Å²) in [6.07, 6.45) is -3.54. The first-order valence-electron chi connectivity index (χ1n) is 12.1. The molecule has 0 atom stereocenters. The second kappa shape index (κ2) is 10.4. The molecule has 0 N–H and O–H groups in total. The molecule has 1 aromatic heterocycles. The van der Waals surface area contributed by atoms with E-state index in [-0.39, 0.29) is 12.1 Å². The molecule has 0 bridgehead atoms. The van der Waals surface area contributed by atoms with E-state index in [0.29, 0.717) is 51.5 Å². The SMILES string of the molecule is COc1ccccc1Cc1nc2c(c(N3CCOCC3)n1)CN(C(=O)c1cccc(C(F)(F)F)c1)CC2. The van der Waals surface area contributed by atoms with E-state index in [1.54, 1.807) is 12.0 Å². The van der Waals surface area contributed by atoms with E-state index in [1.807, 2.05) is 24.3 Å². The molecule has 0 saturated carbocycles. The van der Waals surface area contributed by atoms with E-state index < -0.39 is 17.6 Å². The molecule has 3 heterocycles. The molecule has 1 amide bonds. The Morgan fingerprint density at radius 2 is 1.84 bits per heavy atom. The molecule has 2 aliphatic rings. The van der Waals surface area contributed by atoms with Gasteiger partial charge in [0.05, 0.1) is 38.1 Å². The van der Waals surface area contributed by atoms with Crippen molar-refractivity contribution in [1.82, 2.24) is 14.9 Å². The van der Waals surface area contributed by atoms with Gasteiger partial charge in [0.1, 0.15) is 17.4 Å². The molecular weight excluding hydrogens is 485 g/mol. The van der Waals surface area contributed by atoms with Crippen LogP contribution in [-0.4, -0.2) is 60.7 Å². The summed E-state index contributed by atoms with van der Waals surface area (Å²) < 4.78 is 50.6. The average Bonchev–Trinajstić information content (AvgIpc) is 2.92. The molecular formula is C27H27F3N4O3. The number of fused-ring (bicyclic) bond motifs is 1. The molecule has 37 heavy (non-hydrogen) atoms. The highest BCUT2D eigenvalue weighted by molar-refractivity contribution is 5.94. The lowest BCUT2D eigenvalue weighted by Gasteiger charge is -2.34. The maximum Gasteiger partial charge on any atom is 0.416 e. The normalized spacial score (nSPS) is 15.9. The molecule has 0 spiro atoms. The maximum atomic E-state index is 13.2. The smallest absolute Gasteiger partial charge is 0.416 e. The minimum absolute atomic E-state index is 0.0138. The fraction of sp³-hybridized carbons (Fsp3) is 0.370. The van der Waals surface area contributed by atoms with E-state index in [4.69, 9.17) is 19.4 Å². The number of carbonyl (C=O) groups is 1. The number of anilines is 1. The predicted molar refractivity (Wildman–Crippen MR) is 131 cm³/mol. The molecule has 7 nitrogen and oxygen atoms in total. The number of morpholine rings is 1. The molecule has 194 valence electrons. The van der Waals surface area contributed by atoms with Gasteiger partial charge in [-0.3, -0.25) is 4.79 Å². The van der Waals surface area contributed by atoms with Gasteiger partial charge in [-0.15, -0.1) is 0 Å². The third kappa shape index (κ3) is 5.39. The van der Waals surface area contributed by atoms with Gasteiger partial charge in [0, 0.05) is 49.2 Å². The van der Waals surface area contributed by atoms with Gasteiger partial charge in [0.25, 0.3) is 5.91 Å². The second-order valence-corrected chi connectivity index (χ2v) is 9.03. The van der Waals surface area contributed by atoms with Gasteiger partial charge in [-0.25, -0.2) is 9.97 Å². The lowest BCUT2D eigenvalue weighted by Crippen LogP contribution is -2.41. The topological polar surface area (TPSA) is 67.8 Å². The van der Waals surface area contributed by atoms with Crippen LogP contribution in [0.15, 0.2) is 48.5 Å². The Bertz CT molecular complexity index is 1290. The second-order valence-electron chi connectivity index (χ2n) is 9.03. The van der Waals surface area contributed by atoms with Crippen LogP contribution in [0.3, 0.4) is 0 Å². The molecule has 5 rings (SSSR count). The Morgan fingerprint density at radius 3 is 2.59 bits per heavy atom. The molecule has 10 heteroatoms. The van der Waals surface area contributed by atoms with Gasteiger partial charge in [-0.05, 0) is 24.3 Å². The molecule has 0 radical (unpaired) electrons. The van der Waals surface area contributed by atoms with E-state index in [9.17, 15) is 18.0 Å². The first-order valence-corrected chi connectivity index (χ1v) is 12.1. The highest BCUT2D eigenvalue weighted by atomic mass is 19.4. The van der Waals surface area contributed by atoms with Crippen molar-refractivity contribution in [1.29, 1.82) is 0 Å². The van der Waals surface area contributed by atoms with Crippen molar-refractivity contribution in [2.45, 2.75) is 25.6 Å². The van der Waals surface area contributed by atoms with Crippen LogP contribution in [0.4, 0.5) is 19.0 Å². The van der Waals surface area contributed by atoms with Gasteiger partial charge >= 0.3 is 6.18 Å². The van der Waals surface area contributed by atoms with Gasteiger partial charge in [0.15, 0.2) is 0 Å². The van der Waals surface area contributed by atoms with Gasteiger partial charge in [-0.2, -0.15) is 13.2 Å². The molecule has 1 saturated heterocycles. The number of methoxy groups -OCH3 is 1. The monoisotopic (exact) mass is 512 g/mol. The Labute approximate surface area is 212 Å². The summed E-state index contributed by atoms with van der Waals surface area (Å²) in [5, 5.41) is 0. The summed E-state index contributed by atoms with van der Waals surface area (Å²) >= 11 is 0. The number of aromatic nitrogens is 2. The van der Waals surface area contributed by atoms with Crippen LogP contribution in [0.5, 0.6) is 5.75 Å². The Morgan fingerprint density at radius 1 is 1.05 bits per heavy atom. The zero-order valence-corrected chi connectivity index (χ0v) is 20.4. The van der Waals surface area contributed by atoms with Crippen molar-refractivity contribution in [3.63, 3.8) is 0 Å². The number of benzene rings is 2. The molecule has 3 aromatic rings. The standard InChI is InChI=1S/C27H27F3N4O3/c1-36-23-8-3-2-5-18(23)16-24-31-22-9-10-34(17-21(22)25(32-24)33-11-13-37-14-12-33)26(35)19-6-4-7-20(15-19)27(28,29)30/h2-8,15H,9-14,16-17H2,1H3. The number of carbonyl (C=O) groups excluding carboxylic acids is 1. The maximum absolute atomic E-state index is 13.2. The van der Waals surface area contributed by atoms with Crippen LogP contribution in [0, 0.1) is 0 Å². The van der Waals surface area contributed by atoms with Gasteiger partial charge in [0.2, 0.25) is 0 Å². The van der Waals surface area contributed by atoms with Crippen LogP contribution in [0.1, 0.15) is 38.6 Å². The largest absolute Gasteiger partial charge is 0.496 e. The van der Waals surface area contributed by atoms with Crippen LogP contribution in [0.25, 0.3) is 0 Å². The van der Waals surface area contributed by atoms with Crippen LogP contribution in [-0.2, 0) is 30.3 Å². The number of alkyl halides is 3. The van der Waals surface area contributed by atoms with E-state index in [1.165, 1.54) is 12.1 Å². The summed E-state index contributed by atoms with van der Waals surface area (Å²) in [6.45, 7) is 3.01. The molecule has 1 fully saturated rings. The van der Waals surface area contributed by atoms with E-state index >= 15 is 0 Å². The quantitative estimate of drug-likeness (QED) is 0.512. The number of hydrogen-bond acceptors (Lipinski definition) is 6. The van der Waals surface area contributed by atoms with Gasteiger partial charge < -0.3 is 19.3 Å². The summed E-state index contributed by atoms with van der Waals surface area (Å²) in [7, 11) is 1.63. The molecule has 0 unspecified atom stereocenters. The van der Waals surface area contributed by atoms with Crippen LogP contribution in [0.2, 0.25) is 0 Å². The third-order valence-electron chi connectivity index (χ3n) is 6.66. The van der Waals surface area contributed by atoms with Crippen molar-refractivity contribution in [3.8, 4) is 5.75 Å². The molecule has 2 aromatic carbocycles. The number of ether oxygens (including phenoxy) is 2. The zero-order valence-electron chi connectivity index (χ0n) is 20.4. The van der Waals surface area contributed by atoms with Crippen molar-refractivity contribution >= 4 is 11.7 Å². The molecule has 0 aliphatic carbocycles. The minimum Gasteiger partial charge on any atom is -0.496 e. The Balaban J connectivity index is 1.46. The summed E-state index contributed by atoms with van der Waals surface area (Å²) in [5.74, 6) is 1.72. The highest BCUT2D eigenvalue weighted by Gasteiger charge is 2.33. The van der Waals surface area contributed by atoms with Crippen molar-refractivity contribution < 1.29 is 27.4 Å². The third-order valence-corrected chi connectivity index (χ3v) is 6.66. The Hall–Kier alpha value is -3.66. The minimum atomic E-state index is -4.51. The highest BCUT2D eigenvalue weighted by Crippen LogP contribution is 2.32. The molecule has 2 aliphatic heterocycles. The van der Waals surface area contributed by atoms with E-state index in [0.717, 1.165) is 40.5 Å². The first kappa shape index (κ1) is 25.0. The first-order chi connectivity index (χ1) is 17.8. The van der Waals surface area contributed by atoms with Gasteiger partial charge in [-0.1, -0.05) is 24.3 Å². The Kier molecular flexibility index (Phi) is 7.01. The van der Waals surface area contributed by atoms with Crippen molar-refractivity contribution in [2.75, 3.05) is 44.9 Å². The summed E-state index contributed by atoms with van der Waals surface area (Å²) in [6, 6.07) is 12.3. The fourth-order valence-corrected chi connectivity index (χ4v) is 4.77. The zero-order chi connectivity index (χ0) is 26.0. The summed E-state index contributed by atoms with van der Waals surface area (Å²) in [4.78, 5) is 26.7. The summed E-state index contributed by atoms with van der Waals surface area (Å²) in [5.41, 5.74) is 1.83. The van der Waals surface area contributed by atoms with Crippen LogP contribution < -0.4 is 9.64 Å². The lowest BCUT2D eigenvalue weighted by atomic mass is 10.0. The number of nitrogens with zero attached hydrogens (tertiary/aromatic N) is 4. The fourth-order valence-electron chi connectivity index (χ4n) is 4.77. The number of amides is 1. The predicted octanol–water partition coefficient (Wildman–Crippen LogP) is 4.13. The van der Waals surface area contributed by atoms with Crippen molar-refractivity contribution in [2.24, 2.45) is 0 Å². The lowest BCUT2D eigenvalue weighted by molar-refractivity contribution is -0.137. The van der Waals surface area contributed by atoms with Crippen molar-refractivity contribution in [3.05, 3.63) is 82.3 Å². The number of hydrogen-bond donors (Lipinski definition) is 0. The van der Waals surface area contributed by atoms with E-state index in [2.05, 4.69) is 4.90 Å². The number of para-hydroxylation sites is 1. The average molecular weight is 513 g/mol. The number of rotatable bonds is 5. The number of halogens is 3. The van der Waals surface area contributed by atoms with Crippen LogP contribution >= 0.6 is 0 Å².